The molecule has 0 bridgehead atoms. The molecule has 1 aromatic carbocycles. The van der Waals surface area contributed by atoms with Gasteiger partial charge in [0.15, 0.2) is 0 Å². The Kier molecular flexibility index (Phi) is 5.56. The molecule has 0 radical (unpaired) electrons. The average Bonchev–Trinajstić information content (AvgIpc) is 2.58. The van der Waals surface area contributed by atoms with Gasteiger partial charge in [0.1, 0.15) is 5.69 Å². The highest BCUT2D eigenvalue weighted by atomic mass is 19.4. The van der Waals surface area contributed by atoms with Crippen molar-refractivity contribution in [1.29, 1.82) is 0 Å². The first-order valence-corrected chi connectivity index (χ1v) is 7.19. The molecule has 0 spiro atoms. The van der Waals surface area contributed by atoms with Crippen molar-refractivity contribution >= 4 is 5.91 Å². The van der Waals surface area contributed by atoms with Crippen molar-refractivity contribution in [1.82, 2.24) is 9.88 Å². The summed E-state index contributed by atoms with van der Waals surface area (Å²) < 4.78 is 43.9. The van der Waals surface area contributed by atoms with Crippen LogP contribution in [-0.2, 0) is 10.9 Å². The molecule has 1 amide bonds. The first-order valence-electron chi connectivity index (χ1n) is 7.19. The number of nitrogens with zero attached hydrogens (tertiary/aromatic N) is 2. The smallest absolute Gasteiger partial charge is 0.382 e. The van der Waals surface area contributed by atoms with Gasteiger partial charge in [-0.3, -0.25) is 9.78 Å². The normalized spacial score (nSPS) is 12.7. The van der Waals surface area contributed by atoms with Gasteiger partial charge in [-0.15, -0.1) is 0 Å². The third-order valence-electron chi connectivity index (χ3n) is 3.60. The minimum Gasteiger partial charge on any atom is -0.382 e. The fourth-order valence-corrected chi connectivity index (χ4v) is 2.32. The Balaban J connectivity index is 2.34. The van der Waals surface area contributed by atoms with Gasteiger partial charge in [-0.1, -0.05) is 18.2 Å². The molecule has 0 saturated carbocycles. The van der Waals surface area contributed by atoms with Crippen LogP contribution in [0.2, 0.25) is 0 Å². The number of hydrogen-bond donors (Lipinski definition) is 0. The molecule has 0 saturated heterocycles. The SMILES string of the molecule is COC[C@@H](c1cccc(C(F)(F)F)c1)N(C)C(=O)c1ccccn1. The number of rotatable bonds is 5. The molecule has 24 heavy (non-hydrogen) atoms. The van der Waals surface area contributed by atoms with Gasteiger partial charge >= 0.3 is 6.18 Å². The molecule has 2 aromatic rings. The summed E-state index contributed by atoms with van der Waals surface area (Å²) in [4.78, 5) is 17.8. The zero-order valence-corrected chi connectivity index (χ0v) is 13.2. The molecule has 0 unspecified atom stereocenters. The maximum absolute atomic E-state index is 12.9. The van der Waals surface area contributed by atoms with Crippen LogP contribution in [0.25, 0.3) is 0 Å². The van der Waals surface area contributed by atoms with Gasteiger partial charge < -0.3 is 9.64 Å². The van der Waals surface area contributed by atoms with E-state index in [0.29, 0.717) is 5.56 Å². The van der Waals surface area contributed by atoms with Gasteiger partial charge in [0, 0.05) is 20.4 Å². The molecule has 1 aromatic heterocycles. The van der Waals surface area contributed by atoms with Crippen LogP contribution in [0.3, 0.4) is 0 Å². The Labute approximate surface area is 137 Å². The number of likely N-dealkylation sites (N-methyl/N-ethyl adjacent to an activating group) is 1. The summed E-state index contributed by atoms with van der Waals surface area (Å²) in [7, 11) is 2.95. The minimum absolute atomic E-state index is 0.0659. The van der Waals surface area contributed by atoms with Crippen LogP contribution in [0, 0.1) is 0 Å². The quantitative estimate of drug-likeness (QED) is 0.837. The Bertz CT molecular complexity index is 690. The average molecular weight is 338 g/mol. The zero-order valence-electron chi connectivity index (χ0n) is 13.2. The lowest BCUT2D eigenvalue weighted by Gasteiger charge is -2.28. The van der Waals surface area contributed by atoms with E-state index < -0.39 is 23.7 Å². The zero-order chi connectivity index (χ0) is 17.7. The predicted octanol–water partition coefficient (Wildman–Crippen LogP) is 3.56. The number of ether oxygens (including phenoxy) is 1. The number of aromatic nitrogens is 1. The molecule has 1 atom stereocenters. The van der Waals surface area contributed by atoms with Crippen molar-refractivity contribution < 1.29 is 22.7 Å². The fourth-order valence-electron chi connectivity index (χ4n) is 2.32. The van der Waals surface area contributed by atoms with E-state index in [2.05, 4.69) is 4.98 Å². The lowest BCUT2D eigenvalue weighted by atomic mass is 10.0. The maximum atomic E-state index is 12.9. The molecular weight excluding hydrogens is 321 g/mol. The topological polar surface area (TPSA) is 42.4 Å². The second-order valence-corrected chi connectivity index (χ2v) is 5.23. The Hall–Kier alpha value is -2.41. The lowest BCUT2D eigenvalue weighted by molar-refractivity contribution is -0.137. The first-order chi connectivity index (χ1) is 11.3. The Morgan fingerprint density at radius 1 is 1.25 bits per heavy atom. The summed E-state index contributed by atoms with van der Waals surface area (Å²) in [6, 6.07) is 9.13. The molecule has 0 N–H and O–H groups in total. The van der Waals surface area contributed by atoms with Crippen LogP contribution in [0.5, 0.6) is 0 Å². The van der Waals surface area contributed by atoms with Gasteiger partial charge in [0.2, 0.25) is 0 Å². The third-order valence-corrected chi connectivity index (χ3v) is 3.60. The highest BCUT2D eigenvalue weighted by molar-refractivity contribution is 5.92. The lowest BCUT2D eigenvalue weighted by Crippen LogP contribution is -2.34. The van der Waals surface area contributed by atoms with Crippen LogP contribution in [0.4, 0.5) is 13.2 Å². The van der Waals surface area contributed by atoms with E-state index in [4.69, 9.17) is 4.74 Å². The number of carbonyl (C=O) groups is 1. The van der Waals surface area contributed by atoms with E-state index in [1.807, 2.05) is 0 Å². The van der Waals surface area contributed by atoms with Crippen molar-refractivity contribution in [3.63, 3.8) is 0 Å². The van der Waals surface area contributed by atoms with Gasteiger partial charge in [0.25, 0.3) is 5.91 Å². The van der Waals surface area contributed by atoms with Crippen molar-refractivity contribution in [3.8, 4) is 0 Å². The Morgan fingerprint density at radius 2 is 2.00 bits per heavy atom. The molecule has 7 heteroatoms. The summed E-state index contributed by atoms with van der Waals surface area (Å²) in [5, 5.41) is 0. The molecule has 0 aliphatic heterocycles. The van der Waals surface area contributed by atoms with Crippen LogP contribution in [-0.4, -0.2) is 36.6 Å². The van der Waals surface area contributed by atoms with Crippen molar-refractivity contribution in [3.05, 3.63) is 65.5 Å². The number of pyridine rings is 1. The molecular formula is C17H17F3N2O2. The van der Waals surface area contributed by atoms with Crippen LogP contribution in [0.1, 0.15) is 27.7 Å². The summed E-state index contributed by atoms with van der Waals surface area (Å²) in [5.74, 6) is -0.393. The number of halogens is 3. The van der Waals surface area contributed by atoms with Gasteiger partial charge in [0.05, 0.1) is 18.2 Å². The molecule has 0 fully saturated rings. The van der Waals surface area contributed by atoms with Gasteiger partial charge in [-0.05, 0) is 29.8 Å². The highest BCUT2D eigenvalue weighted by Gasteiger charge is 2.32. The Morgan fingerprint density at radius 3 is 2.58 bits per heavy atom. The van der Waals surface area contributed by atoms with E-state index in [0.717, 1.165) is 12.1 Å². The fraction of sp³-hybridized carbons (Fsp3) is 0.294. The van der Waals surface area contributed by atoms with E-state index in [1.165, 1.54) is 31.3 Å². The van der Waals surface area contributed by atoms with Crippen molar-refractivity contribution in [2.24, 2.45) is 0 Å². The number of carbonyl (C=O) groups excluding carboxylic acids is 1. The van der Waals surface area contributed by atoms with E-state index in [1.54, 1.807) is 24.3 Å². The molecule has 0 aliphatic rings. The van der Waals surface area contributed by atoms with Crippen LogP contribution in [0.15, 0.2) is 48.7 Å². The molecule has 0 aliphatic carbocycles. The summed E-state index contributed by atoms with van der Waals surface area (Å²) in [6.45, 7) is 0.0659. The summed E-state index contributed by atoms with van der Waals surface area (Å²) in [6.07, 6.45) is -2.96. The monoisotopic (exact) mass is 338 g/mol. The summed E-state index contributed by atoms with van der Waals surface area (Å²) >= 11 is 0. The van der Waals surface area contributed by atoms with Crippen molar-refractivity contribution in [2.75, 3.05) is 20.8 Å². The number of amides is 1. The molecule has 2 rings (SSSR count). The van der Waals surface area contributed by atoms with Gasteiger partial charge in [-0.25, -0.2) is 0 Å². The number of hydrogen-bond acceptors (Lipinski definition) is 3. The number of methoxy groups -OCH3 is 1. The molecule has 1 heterocycles. The predicted molar refractivity (Wildman–Crippen MR) is 82.4 cm³/mol. The maximum Gasteiger partial charge on any atom is 0.416 e. The first kappa shape index (κ1) is 17.9. The third kappa shape index (κ3) is 4.11. The second kappa shape index (κ2) is 7.44. The summed E-state index contributed by atoms with van der Waals surface area (Å²) in [5.41, 5.74) is -0.202. The van der Waals surface area contributed by atoms with Gasteiger partial charge in [-0.2, -0.15) is 13.2 Å². The van der Waals surface area contributed by atoms with E-state index in [-0.39, 0.29) is 12.3 Å². The number of alkyl halides is 3. The number of benzene rings is 1. The largest absolute Gasteiger partial charge is 0.416 e. The van der Waals surface area contributed by atoms with Crippen LogP contribution >= 0.6 is 0 Å². The van der Waals surface area contributed by atoms with Crippen LogP contribution < -0.4 is 0 Å². The molecule has 4 nitrogen and oxygen atoms in total. The highest BCUT2D eigenvalue weighted by Crippen LogP contribution is 2.32. The standard InChI is InChI=1S/C17H17F3N2O2/c1-22(16(23)14-8-3-4-9-21-14)15(11-24-2)12-6-5-7-13(10-12)17(18,19)20/h3-10,15H,11H2,1-2H3/t15-/m0/s1. The molecule has 128 valence electrons. The van der Waals surface area contributed by atoms with E-state index >= 15 is 0 Å². The second-order valence-electron chi connectivity index (χ2n) is 5.23. The minimum atomic E-state index is -4.45. The van der Waals surface area contributed by atoms with Crippen molar-refractivity contribution in [2.45, 2.75) is 12.2 Å². The van der Waals surface area contributed by atoms with E-state index in [9.17, 15) is 18.0 Å².